The van der Waals surface area contributed by atoms with Gasteiger partial charge in [-0.2, -0.15) is 4.98 Å². The summed E-state index contributed by atoms with van der Waals surface area (Å²) >= 11 is 0. The molecule has 1 fully saturated rings. The van der Waals surface area contributed by atoms with Crippen molar-refractivity contribution in [2.24, 2.45) is 0 Å². The van der Waals surface area contributed by atoms with Gasteiger partial charge in [0, 0.05) is 19.2 Å². The SMILES string of the molecule is Nc1nc(NCCCOC2CCCCC2)cc2nncn12. The Hall–Kier alpha value is -1.89. The molecule has 2 aromatic rings. The molecule has 0 saturated heterocycles. The fraction of sp³-hybridized carbons (Fsp3) is 0.643. The molecule has 1 aliphatic rings. The molecule has 0 bridgehead atoms. The average molecular weight is 290 g/mol. The Morgan fingerprint density at radius 2 is 2.19 bits per heavy atom. The zero-order chi connectivity index (χ0) is 14.5. The van der Waals surface area contributed by atoms with E-state index < -0.39 is 0 Å². The molecule has 0 aromatic carbocycles. The molecule has 7 nitrogen and oxygen atoms in total. The van der Waals surface area contributed by atoms with Gasteiger partial charge in [0.1, 0.15) is 12.1 Å². The number of nitrogens with one attached hydrogen (secondary N) is 1. The molecule has 3 rings (SSSR count). The van der Waals surface area contributed by atoms with Crippen LogP contribution in [0.2, 0.25) is 0 Å². The molecule has 114 valence electrons. The second-order valence-corrected chi connectivity index (χ2v) is 5.47. The van der Waals surface area contributed by atoms with Gasteiger partial charge in [0.25, 0.3) is 0 Å². The minimum Gasteiger partial charge on any atom is -0.378 e. The summed E-state index contributed by atoms with van der Waals surface area (Å²) in [5.41, 5.74) is 6.53. The third-order valence-corrected chi connectivity index (χ3v) is 3.85. The normalized spacial score (nSPS) is 16.4. The number of fused-ring (bicyclic) bond motifs is 1. The van der Waals surface area contributed by atoms with E-state index in [0.29, 0.717) is 17.7 Å². The lowest BCUT2D eigenvalue weighted by Crippen LogP contribution is -2.18. The van der Waals surface area contributed by atoms with E-state index in [9.17, 15) is 0 Å². The van der Waals surface area contributed by atoms with Gasteiger partial charge in [0.05, 0.1) is 6.10 Å². The number of ether oxygens (including phenoxy) is 1. The largest absolute Gasteiger partial charge is 0.378 e. The van der Waals surface area contributed by atoms with Gasteiger partial charge in [-0.1, -0.05) is 19.3 Å². The monoisotopic (exact) mass is 290 g/mol. The Bertz CT molecular complexity index is 578. The van der Waals surface area contributed by atoms with E-state index in [-0.39, 0.29) is 0 Å². The Balaban J connectivity index is 1.41. The van der Waals surface area contributed by atoms with Crippen LogP contribution in [0.4, 0.5) is 11.8 Å². The predicted octanol–water partition coefficient (Wildman–Crippen LogP) is 1.86. The van der Waals surface area contributed by atoms with Gasteiger partial charge in [0.15, 0.2) is 5.65 Å². The lowest BCUT2D eigenvalue weighted by molar-refractivity contribution is 0.0284. The Morgan fingerprint density at radius 3 is 3.05 bits per heavy atom. The summed E-state index contributed by atoms with van der Waals surface area (Å²) in [6.07, 6.45) is 9.40. The Kier molecular flexibility index (Phi) is 4.49. The molecule has 0 radical (unpaired) electrons. The van der Waals surface area contributed by atoms with Gasteiger partial charge in [-0.05, 0) is 19.3 Å². The molecule has 0 amide bonds. The zero-order valence-corrected chi connectivity index (χ0v) is 12.2. The van der Waals surface area contributed by atoms with E-state index >= 15 is 0 Å². The lowest BCUT2D eigenvalue weighted by atomic mass is 9.98. The number of nitrogen functional groups attached to an aromatic ring is 1. The first kappa shape index (κ1) is 14.1. The van der Waals surface area contributed by atoms with E-state index in [4.69, 9.17) is 10.5 Å². The van der Waals surface area contributed by atoms with Gasteiger partial charge in [-0.15, -0.1) is 10.2 Å². The van der Waals surface area contributed by atoms with Crippen LogP contribution in [0.3, 0.4) is 0 Å². The highest BCUT2D eigenvalue weighted by Gasteiger charge is 2.13. The van der Waals surface area contributed by atoms with Crippen LogP contribution in [-0.2, 0) is 4.74 Å². The van der Waals surface area contributed by atoms with Crippen molar-refractivity contribution in [1.29, 1.82) is 0 Å². The number of hydrogen-bond donors (Lipinski definition) is 2. The molecule has 1 aliphatic carbocycles. The van der Waals surface area contributed by atoms with Crippen LogP contribution in [0.25, 0.3) is 5.65 Å². The number of aromatic nitrogens is 4. The third kappa shape index (κ3) is 3.60. The standard InChI is InChI=1S/C14H22N6O/c15-14-18-12(9-13-19-17-10-20(13)14)16-7-4-8-21-11-5-2-1-3-6-11/h9-11,16H,1-8H2,(H2,15,18). The van der Waals surface area contributed by atoms with Gasteiger partial charge >= 0.3 is 0 Å². The molecule has 0 spiro atoms. The van der Waals surface area contributed by atoms with Crippen LogP contribution in [0.1, 0.15) is 38.5 Å². The number of nitrogens with zero attached hydrogens (tertiary/aromatic N) is 4. The van der Waals surface area contributed by atoms with Crippen molar-refractivity contribution in [3.05, 3.63) is 12.4 Å². The molecule has 1 saturated carbocycles. The van der Waals surface area contributed by atoms with Crippen molar-refractivity contribution >= 4 is 17.4 Å². The Morgan fingerprint density at radius 1 is 1.33 bits per heavy atom. The highest BCUT2D eigenvalue weighted by Crippen LogP contribution is 2.20. The average Bonchev–Trinajstić information content (AvgIpc) is 2.97. The summed E-state index contributed by atoms with van der Waals surface area (Å²) in [5.74, 6) is 1.11. The first-order chi connectivity index (χ1) is 10.3. The molecular formula is C14H22N6O. The highest BCUT2D eigenvalue weighted by molar-refractivity contribution is 5.53. The number of nitrogens with two attached hydrogens (primary N) is 1. The molecule has 3 N–H and O–H groups in total. The fourth-order valence-corrected chi connectivity index (χ4v) is 2.71. The molecule has 2 heterocycles. The predicted molar refractivity (Wildman–Crippen MR) is 81.1 cm³/mol. The maximum atomic E-state index is 5.89. The van der Waals surface area contributed by atoms with Gasteiger partial charge in [0.2, 0.25) is 5.95 Å². The van der Waals surface area contributed by atoms with Crippen LogP contribution < -0.4 is 11.1 Å². The summed E-state index contributed by atoms with van der Waals surface area (Å²) in [5, 5.41) is 11.0. The lowest BCUT2D eigenvalue weighted by Gasteiger charge is -2.21. The van der Waals surface area contributed by atoms with Crippen LogP contribution >= 0.6 is 0 Å². The van der Waals surface area contributed by atoms with Gasteiger partial charge in [-0.25, -0.2) is 0 Å². The molecular weight excluding hydrogens is 268 g/mol. The second-order valence-electron chi connectivity index (χ2n) is 5.47. The quantitative estimate of drug-likeness (QED) is 0.789. The zero-order valence-electron chi connectivity index (χ0n) is 12.2. The van der Waals surface area contributed by atoms with Crippen LogP contribution in [0, 0.1) is 0 Å². The van der Waals surface area contributed by atoms with Crippen LogP contribution in [-0.4, -0.2) is 38.8 Å². The smallest absolute Gasteiger partial charge is 0.209 e. The van der Waals surface area contributed by atoms with E-state index in [1.807, 2.05) is 6.07 Å². The molecule has 0 atom stereocenters. The fourth-order valence-electron chi connectivity index (χ4n) is 2.71. The van der Waals surface area contributed by atoms with Crippen molar-refractivity contribution in [1.82, 2.24) is 19.6 Å². The second kappa shape index (κ2) is 6.71. The minimum absolute atomic E-state index is 0.387. The summed E-state index contributed by atoms with van der Waals surface area (Å²) in [7, 11) is 0. The van der Waals surface area contributed by atoms with Gasteiger partial charge < -0.3 is 15.8 Å². The molecule has 0 aliphatic heterocycles. The first-order valence-corrected chi connectivity index (χ1v) is 7.64. The van der Waals surface area contributed by atoms with Crippen LogP contribution in [0.15, 0.2) is 12.4 Å². The number of anilines is 2. The highest BCUT2D eigenvalue weighted by atomic mass is 16.5. The van der Waals surface area contributed by atoms with Crippen molar-refractivity contribution in [3.63, 3.8) is 0 Å². The molecule has 21 heavy (non-hydrogen) atoms. The maximum absolute atomic E-state index is 5.89. The number of rotatable bonds is 6. The van der Waals surface area contributed by atoms with Crippen molar-refractivity contribution in [2.45, 2.75) is 44.6 Å². The topological polar surface area (TPSA) is 90.4 Å². The van der Waals surface area contributed by atoms with E-state index in [1.54, 1.807) is 10.7 Å². The maximum Gasteiger partial charge on any atom is 0.209 e. The Labute approximate surface area is 123 Å². The van der Waals surface area contributed by atoms with Crippen molar-refractivity contribution in [3.8, 4) is 0 Å². The summed E-state index contributed by atoms with van der Waals surface area (Å²) in [4.78, 5) is 4.27. The van der Waals surface area contributed by atoms with E-state index in [2.05, 4.69) is 20.5 Å². The van der Waals surface area contributed by atoms with Crippen molar-refractivity contribution < 1.29 is 4.74 Å². The molecule has 7 heteroatoms. The third-order valence-electron chi connectivity index (χ3n) is 3.85. The minimum atomic E-state index is 0.387. The number of hydrogen-bond acceptors (Lipinski definition) is 6. The van der Waals surface area contributed by atoms with Gasteiger partial charge in [-0.3, -0.25) is 4.40 Å². The molecule has 2 aromatic heterocycles. The van der Waals surface area contributed by atoms with Crippen LogP contribution in [0.5, 0.6) is 0 Å². The van der Waals surface area contributed by atoms with Crippen molar-refractivity contribution in [2.75, 3.05) is 24.2 Å². The summed E-state index contributed by atoms with van der Waals surface area (Å²) in [6.45, 7) is 1.60. The first-order valence-electron chi connectivity index (χ1n) is 7.64. The van der Waals surface area contributed by atoms with E-state index in [0.717, 1.165) is 25.4 Å². The molecule has 0 unspecified atom stereocenters. The summed E-state index contributed by atoms with van der Waals surface area (Å²) in [6, 6.07) is 1.84. The summed E-state index contributed by atoms with van der Waals surface area (Å²) < 4.78 is 7.54. The van der Waals surface area contributed by atoms with E-state index in [1.165, 1.54) is 32.1 Å².